The van der Waals surface area contributed by atoms with Crippen LogP contribution in [0.25, 0.3) is 0 Å². The van der Waals surface area contributed by atoms with E-state index in [2.05, 4.69) is 5.73 Å². The maximum Gasteiger partial charge on any atom is 2.00 e. The number of carboxylic acid groups (broad SMARTS) is 1. The van der Waals surface area contributed by atoms with Gasteiger partial charge in [0.2, 0.25) is 0 Å². The summed E-state index contributed by atoms with van der Waals surface area (Å²) in [4.78, 5) is 9.13. The molecule has 0 unspecified atom stereocenters. The molecule has 0 atom stereocenters. The molecule has 0 amide bonds. The summed E-state index contributed by atoms with van der Waals surface area (Å²) < 4.78 is 0. The molecule has 0 fully saturated rings. The van der Waals surface area contributed by atoms with E-state index >= 15 is 0 Å². The van der Waals surface area contributed by atoms with Crippen LogP contribution in [0.5, 0.6) is 0 Å². The molecule has 0 heterocycles. The first-order chi connectivity index (χ1) is 2.27. The minimum atomic E-state index is -1.22. The van der Waals surface area contributed by atoms with Crippen LogP contribution in [0.3, 0.4) is 0 Å². The smallest absolute Gasteiger partial charge is 1.00 e. The Morgan fingerprint density at radius 2 is 1.86 bits per heavy atom. The van der Waals surface area contributed by atoms with Crippen LogP contribution in [0.2, 0.25) is 0 Å². The van der Waals surface area contributed by atoms with Crippen molar-refractivity contribution < 1.29 is 48.5 Å². The van der Waals surface area contributed by atoms with Crippen LogP contribution in [-0.4, -0.2) is 12.5 Å². The predicted octanol–water partition coefficient (Wildman–Crippen LogP) is -5.30. The average molecular weight is 201 g/mol. The molecule has 0 saturated heterocycles. The molecule has 0 rings (SSSR count). The second-order valence-electron chi connectivity index (χ2n) is 0.576. The van der Waals surface area contributed by atoms with Gasteiger partial charge in [-0.2, -0.15) is 0 Å². The largest absolute Gasteiger partial charge is 2.00 e. The summed E-state index contributed by atoms with van der Waals surface area (Å²) in [7, 11) is 0. The molecule has 40 valence electrons. The Kier molecular flexibility index (Phi) is 21.9. The number of rotatable bonds is 1. The van der Waals surface area contributed by atoms with E-state index in [1.807, 2.05) is 0 Å². The number of carboxylic acids is 1. The summed E-state index contributed by atoms with van der Waals surface area (Å²) in [6.07, 6.45) is 0. The van der Waals surface area contributed by atoms with Gasteiger partial charge >= 0.3 is 26.2 Å². The van der Waals surface area contributed by atoms with Gasteiger partial charge in [0, 0.05) is 6.54 Å². The van der Waals surface area contributed by atoms with E-state index in [1.54, 1.807) is 0 Å². The summed E-state index contributed by atoms with van der Waals surface area (Å²) >= 11 is 0. The normalized spacial score (nSPS) is 5.29. The van der Waals surface area contributed by atoms with Crippen molar-refractivity contribution in [2.24, 2.45) is 5.73 Å². The van der Waals surface area contributed by atoms with Gasteiger partial charge in [-0.05, 0) is 0 Å². The summed E-state index contributed by atoms with van der Waals surface area (Å²) in [5.41, 5.74) is 4.51. The van der Waals surface area contributed by atoms with Crippen LogP contribution >= 0.6 is 0 Å². The Labute approximate surface area is 66.8 Å². The standard InChI is InChI=1S/C2H5NO2.ClH.Zr/c3-1-2(4)5;;/h1,3H2,(H,4,5);1H;/q;;+2/p-2. The molecule has 5 heteroatoms. The Balaban J connectivity index is -0.0000000800. The van der Waals surface area contributed by atoms with E-state index < -0.39 is 5.97 Å². The molecule has 0 bridgehead atoms. The summed E-state index contributed by atoms with van der Waals surface area (Å²) in [6, 6.07) is 0. The monoisotopic (exact) mass is 199 g/mol. The van der Waals surface area contributed by atoms with Crippen molar-refractivity contribution >= 4 is 5.97 Å². The van der Waals surface area contributed by atoms with Gasteiger partial charge in [0.15, 0.2) is 0 Å². The molecule has 7 heavy (non-hydrogen) atoms. The van der Waals surface area contributed by atoms with Gasteiger partial charge < -0.3 is 28.0 Å². The number of hydrogen-bond donors (Lipinski definition) is 1. The molecular weight excluding hydrogens is 197 g/mol. The summed E-state index contributed by atoms with van der Waals surface area (Å²) in [6.45, 7) is -0.389. The quantitative estimate of drug-likeness (QED) is 0.460. The second-order valence-corrected chi connectivity index (χ2v) is 0.576. The van der Waals surface area contributed by atoms with Gasteiger partial charge in [-0.15, -0.1) is 0 Å². The first-order valence-corrected chi connectivity index (χ1v) is 1.17. The third-order valence-electron chi connectivity index (χ3n) is 0.167. The second kappa shape index (κ2) is 9.78. The molecule has 0 aliphatic heterocycles. The van der Waals surface area contributed by atoms with Crippen LogP contribution in [0.15, 0.2) is 0 Å². The third kappa shape index (κ3) is 20.6. The van der Waals surface area contributed by atoms with Crippen molar-refractivity contribution in [2.45, 2.75) is 0 Å². The maximum atomic E-state index is 9.13. The van der Waals surface area contributed by atoms with E-state index in [1.165, 1.54) is 0 Å². The molecule has 0 aromatic heterocycles. The van der Waals surface area contributed by atoms with Crippen LogP contribution in [0.4, 0.5) is 0 Å². The number of carbonyl (C=O) groups is 1. The van der Waals surface area contributed by atoms with E-state index in [9.17, 15) is 0 Å². The van der Waals surface area contributed by atoms with E-state index in [0.29, 0.717) is 0 Å². The fourth-order valence-electron chi connectivity index (χ4n) is 0. The van der Waals surface area contributed by atoms with Gasteiger partial charge in [-0.3, -0.25) is 0 Å². The summed E-state index contributed by atoms with van der Waals surface area (Å²) in [5, 5.41) is 9.13. The number of aliphatic carboxylic acids is 1. The predicted molar refractivity (Wildman–Crippen MR) is 14.1 cm³/mol. The first kappa shape index (κ1) is 15.6. The van der Waals surface area contributed by atoms with Gasteiger partial charge in [0.25, 0.3) is 0 Å². The molecular formula is C2H4ClNO2Zr. The molecule has 0 saturated carbocycles. The van der Waals surface area contributed by atoms with E-state index in [0.717, 1.165) is 0 Å². The number of carbonyl (C=O) groups excluding carboxylic acids is 1. The molecule has 0 aromatic rings. The van der Waals surface area contributed by atoms with Gasteiger partial charge in [-0.1, -0.05) is 0 Å². The SMILES string of the molecule is NCC(=O)[O-].[Cl-].[Zr+2]. The maximum absolute atomic E-state index is 9.13. The van der Waals surface area contributed by atoms with Gasteiger partial charge in [-0.25, -0.2) is 0 Å². The number of halogens is 1. The molecule has 0 aliphatic carbocycles. The zero-order valence-electron chi connectivity index (χ0n) is 3.48. The topological polar surface area (TPSA) is 66.2 Å². The fourth-order valence-corrected chi connectivity index (χ4v) is 0. The van der Waals surface area contributed by atoms with Crippen LogP contribution in [0, 0.1) is 0 Å². The molecule has 2 N–H and O–H groups in total. The zero-order chi connectivity index (χ0) is 4.28. The Morgan fingerprint density at radius 1 is 1.71 bits per heavy atom. The summed E-state index contributed by atoms with van der Waals surface area (Å²) in [5.74, 6) is -1.22. The van der Waals surface area contributed by atoms with Gasteiger partial charge in [0.1, 0.15) is 0 Å². The van der Waals surface area contributed by atoms with Crippen LogP contribution < -0.4 is 23.2 Å². The minimum Gasteiger partial charge on any atom is -1.00 e. The van der Waals surface area contributed by atoms with Crippen molar-refractivity contribution in [3.05, 3.63) is 0 Å². The zero-order valence-corrected chi connectivity index (χ0v) is 6.69. The Morgan fingerprint density at radius 3 is 1.86 bits per heavy atom. The van der Waals surface area contributed by atoms with Crippen molar-refractivity contribution in [3.63, 3.8) is 0 Å². The third-order valence-corrected chi connectivity index (χ3v) is 0.167. The first-order valence-electron chi connectivity index (χ1n) is 1.17. The van der Waals surface area contributed by atoms with Crippen LogP contribution in [0.1, 0.15) is 0 Å². The molecule has 0 aliphatic rings. The van der Waals surface area contributed by atoms with Gasteiger partial charge in [0.05, 0.1) is 5.97 Å². The Bertz CT molecular complexity index is 51.0. The fraction of sp³-hybridized carbons (Fsp3) is 0.500. The van der Waals surface area contributed by atoms with E-state index in [-0.39, 0.29) is 45.2 Å². The number of hydrogen-bond acceptors (Lipinski definition) is 3. The molecule has 0 radical (unpaired) electrons. The molecule has 3 nitrogen and oxygen atoms in total. The van der Waals surface area contributed by atoms with Crippen molar-refractivity contribution in [1.29, 1.82) is 0 Å². The molecule has 0 spiro atoms. The van der Waals surface area contributed by atoms with E-state index in [4.69, 9.17) is 9.90 Å². The molecule has 0 aromatic carbocycles. The van der Waals surface area contributed by atoms with Crippen molar-refractivity contribution in [1.82, 2.24) is 0 Å². The van der Waals surface area contributed by atoms with Crippen LogP contribution in [-0.2, 0) is 31.0 Å². The average Bonchev–Trinajstić information content (AvgIpc) is 1.38. The van der Waals surface area contributed by atoms with Crippen molar-refractivity contribution in [2.75, 3.05) is 6.54 Å². The Hall–Kier alpha value is 0.603. The number of nitrogens with two attached hydrogens (primary N) is 1. The minimum absolute atomic E-state index is 0. The van der Waals surface area contributed by atoms with Crippen molar-refractivity contribution in [3.8, 4) is 0 Å².